The van der Waals surface area contributed by atoms with Crippen LogP contribution in [0.2, 0.25) is 0 Å². The van der Waals surface area contributed by atoms with Crippen LogP contribution >= 0.6 is 0 Å². The minimum atomic E-state index is -1.00. The summed E-state index contributed by atoms with van der Waals surface area (Å²) in [6.07, 6.45) is 3.43. The van der Waals surface area contributed by atoms with Gasteiger partial charge in [-0.1, -0.05) is 44.2 Å². The Kier molecular flexibility index (Phi) is 5.79. The fraction of sp³-hybridized carbons (Fsp3) is 0.333. The number of carboxylic acid groups (broad SMARTS) is 1. The standard InChI is InChI=1S/C15H19NO3/c1-11(2)10-13(15(18)19)16-14(17)9-8-12-6-4-3-5-7-12/h3-9,11,13H,10H2,1-2H3,(H,16,17)(H,18,19)/t13-/m0/s1. The van der Waals surface area contributed by atoms with Gasteiger partial charge < -0.3 is 10.4 Å². The lowest BCUT2D eigenvalue weighted by Crippen LogP contribution is -2.40. The summed E-state index contributed by atoms with van der Waals surface area (Å²) in [5, 5.41) is 11.5. The number of benzene rings is 1. The third-order valence-corrected chi connectivity index (χ3v) is 2.55. The van der Waals surface area contributed by atoms with Crippen molar-refractivity contribution in [3.8, 4) is 0 Å². The Morgan fingerprint density at radius 1 is 1.26 bits per heavy atom. The number of nitrogens with one attached hydrogen (secondary N) is 1. The normalized spacial score (nSPS) is 12.6. The zero-order valence-electron chi connectivity index (χ0n) is 11.2. The summed E-state index contributed by atoms with van der Waals surface area (Å²) in [7, 11) is 0. The molecule has 0 aliphatic heterocycles. The lowest BCUT2D eigenvalue weighted by atomic mass is 10.0. The summed E-state index contributed by atoms with van der Waals surface area (Å²) in [5.74, 6) is -1.19. The number of carbonyl (C=O) groups is 2. The molecule has 1 amide bonds. The Labute approximate surface area is 113 Å². The number of amides is 1. The van der Waals surface area contributed by atoms with Crippen LogP contribution in [0.25, 0.3) is 6.08 Å². The van der Waals surface area contributed by atoms with E-state index in [1.165, 1.54) is 6.08 Å². The van der Waals surface area contributed by atoms with Gasteiger partial charge >= 0.3 is 5.97 Å². The van der Waals surface area contributed by atoms with Gasteiger partial charge in [0.1, 0.15) is 6.04 Å². The molecule has 1 aromatic carbocycles. The van der Waals surface area contributed by atoms with Crippen LogP contribution in [0.1, 0.15) is 25.8 Å². The number of aliphatic carboxylic acids is 1. The fourth-order valence-corrected chi connectivity index (χ4v) is 1.65. The molecule has 0 radical (unpaired) electrons. The van der Waals surface area contributed by atoms with Crippen LogP contribution < -0.4 is 5.32 Å². The molecule has 4 nitrogen and oxygen atoms in total. The molecule has 0 fully saturated rings. The van der Waals surface area contributed by atoms with E-state index >= 15 is 0 Å². The highest BCUT2D eigenvalue weighted by molar-refractivity contribution is 5.94. The second kappa shape index (κ2) is 7.36. The van der Waals surface area contributed by atoms with Gasteiger partial charge in [0, 0.05) is 6.08 Å². The molecule has 2 N–H and O–H groups in total. The summed E-state index contributed by atoms with van der Waals surface area (Å²) in [4.78, 5) is 22.7. The summed E-state index contributed by atoms with van der Waals surface area (Å²) in [6, 6.07) is 8.53. The first-order chi connectivity index (χ1) is 8.99. The van der Waals surface area contributed by atoms with Gasteiger partial charge in [-0.05, 0) is 24.0 Å². The second-order valence-electron chi connectivity index (χ2n) is 4.77. The zero-order chi connectivity index (χ0) is 14.3. The Hall–Kier alpha value is -2.10. The molecule has 1 rings (SSSR count). The quantitative estimate of drug-likeness (QED) is 0.772. The van der Waals surface area contributed by atoms with Crippen LogP contribution in [0.5, 0.6) is 0 Å². The molecule has 0 aromatic heterocycles. The van der Waals surface area contributed by atoms with Crippen LogP contribution in [-0.4, -0.2) is 23.0 Å². The van der Waals surface area contributed by atoms with Crippen LogP contribution in [0.15, 0.2) is 36.4 Å². The Bertz CT molecular complexity index is 452. The van der Waals surface area contributed by atoms with E-state index in [0.717, 1.165) is 5.56 Å². The maximum Gasteiger partial charge on any atom is 0.326 e. The van der Waals surface area contributed by atoms with Crippen molar-refractivity contribution >= 4 is 18.0 Å². The van der Waals surface area contributed by atoms with Gasteiger partial charge in [-0.2, -0.15) is 0 Å². The molecule has 0 aliphatic carbocycles. The molecule has 0 bridgehead atoms. The number of hydrogen-bond acceptors (Lipinski definition) is 2. The smallest absolute Gasteiger partial charge is 0.326 e. The predicted molar refractivity (Wildman–Crippen MR) is 74.5 cm³/mol. The van der Waals surface area contributed by atoms with Crippen molar-refractivity contribution in [3.05, 3.63) is 42.0 Å². The zero-order valence-corrected chi connectivity index (χ0v) is 11.2. The maximum absolute atomic E-state index is 11.7. The molecule has 0 saturated carbocycles. The molecular weight excluding hydrogens is 242 g/mol. The van der Waals surface area contributed by atoms with Crippen molar-refractivity contribution in [1.82, 2.24) is 5.32 Å². The van der Waals surface area contributed by atoms with Crippen molar-refractivity contribution in [3.63, 3.8) is 0 Å². The van der Waals surface area contributed by atoms with Crippen LogP contribution in [-0.2, 0) is 9.59 Å². The molecule has 0 aliphatic rings. The highest BCUT2D eigenvalue weighted by Gasteiger charge is 2.19. The van der Waals surface area contributed by atoms with Gasteiger partial charge in [0.05, 0.1) is 0 Å². The molecule has 102 valence electrons. The molecule has 0 spiro atoms. The van der Waals surface area contributed by atoms with Crippen molar-refractivity contribution in [2.45, 2.75) is 26.3 Å². The first kappa shape index (κ1) is 15.0. The lowest BCUT2D eigenvalue weighted by molar-refractivity contribution is -0.141. The van der Waals surface area contributed by atoms with Gasteiger partial charge in [0.2, 0.25) is 5.91 Å². The van der Waals surface area contributed by atoms with Crippen LogP contribution in [0, 0.1) is 5.92 Å². The van der Waals surface area contributed by atoms with E-state index in [2.05, 4.69) is 5.32 Å². The molecule has 1 atom stereocenters. The molecular formula is C15H19NO3. The van der Waals surface area contributed by atoms with E-state index in [4.69, 9.17) is 5.11 Å². The van der Waals surface area contributed by atoms with E-state index < -0.39 is 17.9 Å². The molecule has 0 saturated heterocycles. The van der Waals surface area contributed by atoms with Crippen LogP contribution in [0.4, 0.5) is 0 Å². The number of rotatable bonds is 6. The minimum absolute atomic E-state index is 0.208. The first-order valence-corrected chi connectivity index (χ1v) is 6.25. The summed E-state index contributed by atoms with van der Waals surface area (Å²) >= 11 is 0. The summed E-state index contributed by atoms with van der Waals surface area (Å²) in [6.45, 7) is 3.84. The highest BCUT2D eigenvalue weighted by Crippen LogP contribution is 2.05. The molecule has 19 heavy (non-hydrogen) atoms. The average Bonchev–Trinajstić information content (AvgIpc) is 2.36. The predicted octanol–water partition coefficient (Wildman–Crippen LogP) is 2.32. The maximum atomic E-state index is 11.7. The summed E-state index contributed by atoms with van der Waals surface area (Å²) in [5.41, 5.74) is 0.897. The van der Waals surface area contributed by atoms with Gasteiger partial charge in [0.25, 0.3) is 0 Å². The highest BCUT2D eigenvalue weighted by atomic mass is 16.4. The van der Waals surface area contributed by atoms with Gasteiger partial charge in [-0.15, -0.1) is 0 Å². The molecule has 4 heteroatoms. The van der Waals surface area contributed by atoms with Gasteiger partial charge in [-0.25, -0.2) is 4.79 Å². The van der Waals surface area contributed by atoms with Gasteiger partial charge in [0.15, 0.2) is 0 Å². The summed E-state index contributed by atoms with van der Waals surface area (Å²) < 4.78 is 0. The van der Waals surface area contributed by atoms with Crippen molar-refractivity contribution in [2.75, 3.05) is 0 Å². The van der Waals surface area contributed by atoms with Crippen LogP contribution in [0.3, 0.4) is 0 Å². The second-order valence-corrected chi connectivity index (χ2v) is 4.77. The van der Waals surface area contributed by atoms with Crippen molar-refractivity contribution in [1.29, 1.82) is 0 Å². The molecule has 1 aromatic rings. The Morgan fingerprint density at radius 2 is 1.89 bits per heavy atom. The van der Waals surface area contributed by atoms with E-state index in [1.807, 2.05) is 44.2 Å². The van der Waals surface area contributed by atoms with E-state index in [9.17, 15) is 9.59 Å². The lowest BCUT2D eigenvalue weighted by Gasteiger charge is -2.15. The van der Waals surface area contributed by atoms with Crippen molar-refractivity contribution < 1.29 is 14.7 Å². The number of carbonyl (C=O) groups excluding carboxylic acids is 1. The SMILES string of the molecule is CC(C)C[C@H](NC(=O)C=Cc1ccccc1)C(=O)O. The monoisotopic (exact) mass is 261 g/mol. The largest absolute Gasteiger partial charge is 0.480 e. The average molecular weight is 261 g/mol. The van der Waals surface area contributed by atoms with E-state index in [-0.39, 0.29) is 5.92 Å². The third-order valence-electron chi connectivity index (χ3n) is 2.55. The third kappa shape index (κ3) is 5.86. The molecule has 0 heterocycles. The Balaban J connectivity index is 2.58. The topological polar surface area (TPSA) is 66.4 Å². The van der Waals surface area contributed by atoms with E-state index in [1.54, 1.807) is 6.08 Å². The van der Waals surface area contributed by atoms with E-state index in [0.29, 0.717) is 6.42 Å². The Morgan fingerprint density at radius 3 is 2.42 bits per heavy atom. The van der Waals surface area contributed by atoms with Crippen molar-refractivity contribution in [2.24, 2.45) is 5.92 Å². The first-order valence-electron chi connectivity index (χ1n) is 6.25. The number of carboxylic acids is 1. The van der Waals surface area contributed by atoms with Gasteiger partial charge in [-0.3, -0.25) is 4.79 Å². The molecule has 0 unspecified atom stereocenters. The minimum Gasteiger partial charge on any atom is -0.480 e. The fourth-order valence-electron chi connectivity index (χ4n) is 1.65. The number of hydrogen-bond donors (Lipinski definition) is 2.